The molecule has 0 aliphatic carbocycles. The lowest BCUT2D eigenvalue weighted by Gasteiger charge is -2.16. The van der Waals surface area contributed by atoms with Crippen LogP contribution in [0.1, 0.15) is 16.0 Å². The average molecular weight is 482 g/mol. The third-order valence-corrected chi connectivity index (χ3v) is 5.11. The van der Waals surface area contributed by atoms with Gasteiger partial charge in [0.1, 0.15) is 5.75 Å². The Kier molecular flexibility index (Phi) is 5.09. The Morgan fingerprint density at radius 3 is 2.50 bits per heavy atom. The number of benzene rings is 2. The Morgan fingerprint density at radius 1 is 1.11 bits per heavy atom. The van der Waals surface area contributed by atoms with Crippen molar-refractivity contribution in [3.05, 3.63) is 61.6 Å². The molecule has 0 saturated heterocycles. The van der Waals surface area contributed by atoms with Gasteiger partial charge in [-0.25, -0.2) is 0 Å². The summed E-state index contributed by atoms with van der Waals surface area (Å²) in [5.41, 5.74) is 2.37. The molecule has 0 saturated carbocycles. The number of hydrogen-bond acceptors (Lipinski definition) is 1. The summed E-state index contributed by atoms with van der Waals surface area (Å²) in [4.78, 5) is 0.123. The zero-order valence-electron chi connectivity index (χ0n) is 9.66. The van der Waals surface area contributed by atoms with E-state index in [9.17, 15) is 0 Å². The molecule has 1 nitrogen and oxygen atoms in total. The molecule has 1 unspecified atom stereocenters. The third kappa shape index (κ3) is 3.08. The molecule has 0 spiro atoms. The Labute approximate surface area is 137 Å². The van der Waals surface area contributed by atoms with Crippen LogP contribution in [0.15, 0.2) is 46.9 Å². The first-order valence-electron chi connectivity index (χ1n) is 5.35. The molecule has 2 rings (SSSR count). The van der Waals surface area contributed by atoms with E-state index in [0.29, 0.717) is 0 Å². The van der Waals surface area contributed by atoms with E-state index in [1.54, 1.807) is 7.11 Å². The predicted octanol–water partition coefficient (Wildman–Crippen LogP) is 5.55. The monoisotopic (exact) mass is 480 g/mol. The highest BCUT2D eigenvalue weighted by atomic mass is 127. The van der Waals surface area contributed by atoms with Gasteiger partial charge in [-0.2, -0.15) is 0 Å². The van der Waals surface area contributed by atoms with E-state index in [1.807, 2.05) is 18.2 Å². The lowest BCUT2D eigenvalue weighted by molar-refractivity contribution is 0.410. The second-order valence-electron chi connectivity index (χ2n) is 3.77. The van der Waals surface area contributed by atoms with Crippen molar-refractivity contribution in [2.24, 2.45) is 0 Å². The number of rotatable bonds is 3. The topological polar surface area (TPSA) is 9.23 Å². The first-order chi connectivity index (χ1) is 8.63. The maximum absolute atomic E-state index is 5.43. The molecule has 0 aliphatic rings. The standard InChI is InChI=1S/C14H11Br2IO/c1-18-13-7-6-9(15)8-11(13)14(16)10-4-2-3-5-12(10)17/h2-8,14H,1H3. The molecule has 0 amide bonds. The van der Waals surface area contributed by atoms with Gasteiger partial charge >= 0.3 is 0 Å². The van der Waals surface area contributed by atoms with Gasteiger partial charge in [0.2, 0.25) is 0 Å². The summed E-state index contributed by atoms with van der Waals surface area (Å²) in [5.74, 6) is 0.889. The van der Waals surface area contributed by atoms with Crippen LogP contribution in [0.5, 0.6) is 5.75 Å². The molecule has 0 heterocycles. The summed E-state index contributed by atoms with van der Waals surface area (Å²) in [6.07, 6.45) is 0. The fourth-order valence-electron chi connectivity index (χ4n) is 1.75. The van der Waals surface area contributed by atoms with Crippen LogP contribution in [0, 0.1) is 3.57 Å². The van der Waals surface area contributed by atoms with Gasteiger partial charge < -0.3 is 4.74 Å². The van der Waals surface area contributed by atoms with Crippen LogP contribution in [0.2, 0.25) is 0 Å². The van der Waals surface area contributed by atoms with Crippen LogP contribution in [-0.4, -0.2) is 7.11 Å². The van der Waals surface area contributed by atoms with Gasteiger partial charge in [-0.3, -0.25) is 0 Å². The van der Waals surface area contributed by atoms with Crippen molar-refractivity contribution in [2.75, 3.05) is 7.11 Å². The molecule has 0 radical (unpaired) electrons. The molecule has 94 valence electrons. The van der Waals surface area contributed by atoms with Crippen LogP contribution in [0.25, 0.3) is 0 Å². The van der Waals surface area contributed by atoms with Crippen molar-refractivity contribution < 1.29 is 4.74 Å². The number of halogens is 3. The molecule has 1 atom stereocenters. The lowest BCUT2D eigenvalue weighted by atomic mass is 10.0. The second-order valence-corrected chi connectivity index (χ2v) is 6.76. The van der Waals surface area contributed by atoms with Crippen molar-refractivity contribution >= 4 is 54.5 Å². The van der Waals surface area contributed by atoms with Gasteiger partial charge in [0, 0.05) is 13.6 Å². The van der Waals surface area contributed by atoms with Gasteiger partial charge in [0.15, 0.2) is 0 Å². The Morgan fingerprint density at radius 2 is 1.83 bits per heavy atom. The predicted molar refractivity (Wildman–Crippen MR) is 90.6 cm³/mol. The van der Waals surface area contributed by atoms with Crippen molar-refractivity contribution in [3.8, 4) is 5.75 Å². The fraction of sp³-hybridized carbons (Fsp3) is 0.143. The minimum Gasteiger partial charge on any atom is -0.496 e. The molecule has 0 N–H and O–H groups in total. The normalized spacial score (nSPS) is 12.2. The van der Waals surface area contributed by atoms with Crippen LogP contribution < -0.4 is 4.74 Å². The van der Waals surface area contributed by atoms with Crippen molar-refractivity contribution in [1.82, 2.24) is 0 Å². The molecule has 0 aromatic heterocycles. The minimum absolute atomic E-state index is 0.123. The van der Waals surface area contributed by atoms with E-state index in [4.69, 9.17) is 4.74 Å². The molecule has 0 bridgehead atoms. The van der Waals surface area contributed by atoms with E-state index >= 15 is 0 Å². The van der Waals surface area contributed by atoms with Crippen molar-refractivity contribution in [2.45, 2.75) is 4.83 Å². The molecule has 2 aromatic carbocycles. The fourth-order valence-corrected chi connectivity index (χ4v) is 4.01. The summed E-state index contributed by atoms with van der Waals surface area (Å²) < 4.78 is 7.71. The first-order valence-corrected chi connectivity index (χ1v) is 8.14. The largest absolute Gasteiger partial charge is 0.496 e. The number of alkyl halides is 1. The van der Waals surface area contributed by atoms with Crippen LogP contribution >= 0.6 is 54.5 Å². The molecule has 18 heavy (non-hydrogen) atoms. The summed E-state index contributed by atoms with van der Waals surface area (Å²) in [7, 11) is 1.70. The Bertz CT molecular complexity index is 557. The van der Waals surface area contributed by atoms with E-state index in [2.05, 4.69) is 78.7 Å². The van der Waals surface area contributed by atoms with Gasteiger partial charge in [0.25, 0.3) is 0 Å². The molecule has 2 aromatic rings. The highest BCUT2D eigenvalue weighted by Gasteiger charge is 2.17. The number of methoxy groups -OCH3 is 1. The zero-order chi connectivity index (χ0) is 13.1. The highest BCUT2D eigenvalue weighted by molar-refractivity contribution is 14.1. The van der Waals surface area contributed by atoms with E-state index in [-0.39, 0.29) is 4.83 Å². The molecule has 0 aliphatic heterocycles. The van der Waals surface area contributed by atoms with Gasteiger partial charge in [-0.05, 0) is 52.4 Å². The molecule has 4 heteroatoms. The summed E-state index contributed by atoms with van der Waals surface area (Å²) >= 11 is 9.62. The summed E-state index contributed by atoms with van der Waals surface area (Å²) in [6.45, 7) is 0. The minimum atomic E-state index is 0.123. The third-order valence-electron chi connectivity index (χ3n) is 2.64. The highest BCUT2D eigenvalue weighted by Crippen LogP contribution is 2.39. The van der Waals surface area contributed by atoms with Crippen LogP contribution in [0.4, 0.5) is 0 Å². The number of ether oxygens (including phenoxy) is 1. The summed E-state index contributed by atoms with van der Waals surface area (Å²) in [5, 5.41) is 0. The van der Waals surface area contributed by atoms with E-state index in [0.717, 1.165) is 15.8 Å². The van der Waals surface area contributed by atoms with Crippen LogP contribution in [-0.2, 0) is 0 Å². The Balaban J connectivity index is 2.48. The first kappa shape index (κ1) is 14.3. The van der Waals surface area contributed by atoms with Crippen LogP contribution in [0.3, 0.4) is 0 Å². The quantitative estimate of drug-likeness (QED) is 0.413. The maximum Gasteiger partial charge on any atom is 0.123 e. The van der Waals surface area contributed by atoms with Gasteiger partial charge in [0.05, 0.1) is 11.9 Å². The lowest BCUT2D eigenvalue weighted by Crippen LogP contribution is -1.99. The molecular formula is C14H11Br2IO. The van der Waals surface area contributed by atoms with E-state index < -0.39 is 0 Å². The smallest absolute Gasteiger partial charge is 0.123 e. The molecule has 0 fully saturated rings. The average Bonchev–Trinajstić information content (AvgIpc) is 2.38. The van der Waals surface area contributed by atoms with E-state index in [1.165, 1.54) is 9.13 Å². The van der Waals surface area contributed by atoms with Crippen molar-refractivity contribution in [1.29, 1.82) is 0 Å². The summed E-state index contributed by atoms with van der Waals surface area (Å²) in [6, 6.07) is 14.4. The van der Waals surface area contributed by atoms with Crippen molar-refractivity contribution in [3.63, 3.8) is 0 Å². The zero-order valence-corrected chi connectivity index (χ0v) is 15.0. The second kappa shape index (κ2) is 6.39. The number of hydrogen-bond donors (Lipinski definition) is 0. The maximum atomic E-state index is 5.43. The van der Waals surface area contributed by atoms with Gasteiger partial charge in [-0.15, -0.1) is 0 Å². The van der Waals surface area contributed by atoms with Gasteiger partial charge in [-0.1, -0.05) is 50.1 Å². The molecular weight excluding hydrogens is 471 g/mol. The Hall–Kier alpha value is -0.0700. The SMILES string of the molecule is COc1ccc(Br)cc1C(Br)c1ccccc1I.